The number of aromatic nitrogens is 2. The largest absolute Gasteiger partial charge is 0.306 e. The molecule has 2 aromatic carbocycles. The van der Waals surface area contributed by atoms with Crippen LogP contribution in [0, 0.1) is 10.1 Å². The highest BCUT2D eigenvalue weighted by Crippen LogP contribution is 2.32. The van der Waals surface area contributed by atoms with Gasteiger partial charge in [0.1, 0.15) is 5.69 Å². The molecule has 4 rings (SSSR count). The van der Waals surface area contributed by atoms with Crippen LogP contribution in [-0.2, 0) is 6.42 Å². The third kappa shape index (κ3) is 2.26. The van der Waals surface area contributed by atoms with Gasteiger partial charge in [0.05, 0.1) is 22.2 Å². The number of rotatable bonds is 2. The summed E-state index contributed by atoms with van der Waals surface area (Å²) in [5.41, 5.74) is 3.18. The summed E-state index contributed by atoms with van der Waals surface area (Å²) >= 11 is 0. The van der Waals surface area contributed by atoms with Crippen molar-refractivity contribution in [2.24, 2.45) is 0 Å². The first-order valence-corrected chi connectivity index (χ1v) is 7.44. The summed E-state index contributed by atoms with van der Waals surface area (Å²) in [5.74, 6) is -0.249. The summed E-state index contributed by atoms with van der Waals surface area (Å²) in [5, 5.41) is 10.9. The summed E-state index contributed by atoms with van der Waals surface area (Å²) < 4.78 is 0. The van der Waals surface area contributed by atoms with Gasteiger partial charge in [-0.3, -0.25) is 19.9 Å². The SMILES string of the molecule is O=C(c1cnc2ccccc2n1)N1CCc2cc([N+](=O)[O-])ccc21. The lowest BCUT2D eigenvalue weighted by Crippen LogP contribution is -2.29. The first-order chi connectivity index (χ1) is 11.6. The quantitative estimate of drug-likeness (QED) is 0.535. The zero-order valence-corrected chi connectivity index (χ0v) is 12.5. The fourth-order valence-electron chi connectivity index (χ4n) is 2.91. The van der Waals surface area contributed by atoms with Crippen LogP contribution in [0.25, 0.3) is 11.0 Å². The van der Waals surface area contributed by atoms with Crippen LogP contribution in [0.2, 0.25) is 0 Å². The van der Waals surface area contributed by atoms with Crippen LogP contribution in [0.1, 0.15) is 16.1 Å². The van der Waals surface area contributed by atoms with Crippen molar-refractivity contribution in [1.82, 2.24) is 9.97 Å². The highest BCUT2D eigenvalue weighted by molar-refractivity contribution is 6.06. The number of carbonyl (C=O) groups excluding carboxylic acids is 1. The molecule has 2 heterocycles. The maximum absolute atomic E-state index is 12.8. The maximum atomic E-state index is 12.8. The van der Waals surface area contributed by atoms with Crippen molar-refractivity contribution >= 4 is 28.3 Å². The molecule has 3 aromatic rings. The van der Waals surface area contributed by atoms with Crippen LogP contribution < -0.4 is 4.90 Å². The molecule has 7 nitrogen and oxygen atoms in total. The number of carbonyl (C=O) groups is 1. The van der Waals surface area contributed by atoms with Crippen LogP contribution in [0.5, 0.6) is 0 Å². The predicted molar refractivity (Wildman–Crippen MR) is 88.0 cm³/mol. The number of hydrogen-bond acceptors (Lipinski definition) is 5. The Bertz CT molecular complexity index is 986. The van der Waals surface area contributed by atoms with Crippen LogP contribution in [0.4, 0.5) is 11.4 Å². The van der Waals surface area contributed by atoms with E-state index in [4.69, 9.17) is 0 Å². The molecule has 0 fully saturated rings. The number of benzene rings is 2. The van der Waals surface area contributed by atoms with E-state index >= 15 is 0 Å². The summed E-state index contributed by atoms with van der Waals surface area (Å²) in [4.78, 5) is 33.4. The van der Waals surface area contributed by atoms with Gasteiger partial charge in [-0.1, -0.05) is 12.1 Å². The zero-order valence-electron chi connectivity index (χ0n) is 12.5. The van der Waals surface area contributed by atoms with E-state index < -0.39 is 4.92 Å². The number of para-hydroxylation sites is 2. The number of anilines is 1. The van der Waals surface area contributed by atoms with Crippen molar-refractivity contribution in [3.63, 3.8) is 0 Å². The van der Waals surface area contributed by atoms with Gasteiger partial charge in [-0.05, 0) is 30.2 Å². The fraction of sp³-hybridized carbons (Fsp3) is 0.118. The minimum absolute atomic E-state index is 0.0357. The molecule has 0 unspecified atom stereocenters. The van der Waals surface area contributed by atoms with Crippen molar-refractivity contribution < 1.29 is 9.72 Å². The summed E-state index contributed by atoms with van der Waals surface area (Å²) in [7, 11) is 0. The molecule has 0 radical (unpaired) electrons. The smallest absolute Gasteiger partial charge is 0.278 e. The molecule has 118 valence electrons. The van der Waals surface area contributed by atoms with E-state index in [1.807, 2.05) is 18.2 Å². The Morgan fingerprint density at radius 3 is 2.75 bits per heavy atom. The van der Waals surface area contributed by atoms with Gasteiger partial charge >= 0.3 is 0 Å². The minimum atomic E-state index is -0.431. The minimum Gasteiger partial charge on any atom is -0.306 e. The molecule has 0 spiro atoms. The number of fused-ring (bicyclic) bond motifs is 2. The lowest BCUT2D eigenvalue weighted by molar-refractivity contribution is -0.384. The van der Waals surface area contributed by atoms with E-state index in [1.165, 1.54) is 18.3 Å². The topological polar surface area (TPSA) is 89.2 Å². The number of nitro benzene ring substituents is 1. The Kier molecular flexibility index (Phi) is 3.19. The Balaban J connectivity index is 1.70. The molecule has 24 heavy (non-hydrogen) atoms. The van der Waals surface area contributed by atoms with Gasteiger partial charge in [0.2, 0.25) is 0 Å². The van der Waals surface area contributed by atoms with Crippen molar-refractivity contribution in [3.05, 3.63) is 70.0 Å². The Hall–Kier alpha value is -3.35. The number of amides is 1. The van der Waals surface area contributed by atoms with Gasteiger partial charge in [-0.25, -0.2) is 4.98 Å². The van der Waals surface area contributed by atoms with E-state index in [1.54, 1.807) is 17.0 Å². The molecule has 0 saturated heterocycles. The molecule has 1 amide bonds. The number of nitro groups is 1. The van der Waals surface area contributed by atoms with E-state index in [2.05, 4.69) is 9.97 Å². The van der Waals surface area contributed by atoms with E-state index in [0.717, 1.165) is 11.1 Å². The maximum Gasteiger partial charge on any atom is 0.278 e. The molecule has 0 atom stereocenters. The van der Waals surface area contributed by atoms with Crippen molar-refractivity contribution in [2.45, 2.75) is 6.42 Å². The summed E-state index contributed by atoms with van der Waals surface area (Å²) in [6.45, 7) is 0.476. The Morgan fingerprint density at radius 2 is 1.96 bits per heavy atom. The second-order valence-electron chi connectivity index (χ2n) is 5.52. The lowest BCUT2D eigenvalue weighted by atomic mass is 10.1. The molecule has 0 bridgehead atoms. The van der Waals surface area contributed by atoms with E-state index in [-0.39, 0.29) is 17.3 Å². The fourth-order valence-corrected chi connectivity index (χ4v) is 2.91. The van der Waals surface area contributed by atoms with Gasteiger partial charge in [-0.2, -0.15) is 0 Å². The van der Waals surface area contributed by atoms with Crippen molar-refractivity contribution in [1.29, 1.82) is 0 Å². The number of non-ortho nitro benzene ring substituents is 1. The van der Waals surface area contributed by atoms with Crippen molar-refractivity contribution in [2.75, 3.05) is 11.4 Å². The average molecular weight is 320 g/mol. The monoisotopic (exact) mass is 320 g/mol. The van der Waals surface area contributed by atoms with E-state index in [9.17, 15) is 14.9 Å². The van der Waals surface area contributed by atoms with E-state index in [0.29, 0.717) is 24.2 Å². The molecule has 1 aliphatic rings. The number of nitrogens with zero attached hydrogens (tertiary/aromatic N) is 4. The molecular weight excluding hydrogens is 308 g/mol. The van der Waals surface area contributed by atoms with Crippen LogP contribution in [0.15, 0.2) is 48.7 Å². The second-order valence-corrected chi connectivity index (χ2v) is 5.52. The Labute approximate surface area is 136 Å². The molecule has 0 aliphatic carbocycles. The van der Waals surface area contributed by atoms with Gasteiger partial charge in [-0.15, -0.1) is 0 Å². The first kappa shape index (κ1) is 14.3. The van der Waals surface area contributed by atoms with Gasteiger partial charge in [0.15, 0.2) is 0 Å². The van der Waals surface area contributed by atoms with Crippen LogP contribution >= 0.6 is 0 Å². The van der Waals surface area contributed by atoms with Gasteiger partial charge in [0.25, 0.3) is 11.6 Å². The second kappa shape index (κ2) is 5.38. The summed E-state index contributed by atoms with van der Waals surface area (Å²) in [6, 6.07) is 11.9. The Morgan fingerprint density at radius 1 is 1.17 bits per heavy atom. The highest BCUT2D eigenvalue weighted by Gasteiger charge is 2.28. The zero-order chi connectivity index (χ0) is 16.7. The molecular formula is C17H12N4O3. The molecule has 7 heteroatoms. The number of hydrogen-bond donors (Lipinski definition) is 0. The van der Waals surface area contributed by atoms with Crippen LogP contribution in [0.3, 0.4) is 0 Å². The van der Waals surface area contributed by atoms with Crippen molar-refractivity contribution in [3.8, 4) is 0 Å². The standard InChI is InChI=1S/C17H12N4O3/c22-17(15-10-18-13-3-1-2-4-14(13)19-15)20-8-7-11-9-12(21(23)24)5-6-16(11)20/h1-6,9-10H,7-8H2. The highest BCUT2D eigenvalue weighted by atomic mass is 16.6. The first-order valence-electron chi connectivity index (χ1n) is 7.44. The molecule has 0 saturated carbocycles. The average Bonchev–Trinajstić information content (AvgIpc) is 3.03. The van der Waals surface area contributed by atoms with Crippen LogP contribution in [-0.4, -0.2) is 27.3 Å². The third-order valence-electron chi connectivity index (χ3n) is 4.08. The summed E-state index contributed by atoms with van der Waals surface area (Å²) in [6.07, 6.45) is 2.05. The molecule has 0 N–H and O–H groups in total. The van der Waals surface area contributed by atoms with Gasteiger partial charge in [0, 0.05) is 24.4 Å². The molecule has 1 aliphatic heterocycles. The predicted octanol–water partition coefficient (Wildman–Crippen LogP) is 2.74. The van der Waals surface area contributed by atoms with Gasteiger partial charge < -0.3 is 4.90 Å². The normalized spacial score (nSPS) is 13.1. The molecule has 1 aromatic heterocycles. The third-order valence-corrected chi connectivity index (χ3v) is 4.08. The lowest BCUT2D eigenvalue weighted by Gasteiger charge is -2.16.